The van der Waals surface area contributed by atoms with Gasteiger partial charge in [-0.3, -0.25) is 14.2 Å². The third-order valence-corrected chi connectivity index (χ3v) is 4.81. The van der Waals surface area contributed by atoms with Crippen LogP contribution in [0.5, 0.6) is 5.75 Å². The molecular weight excluding hydrogens is 406 g/mol. The van der Waals surface area contributed by atoms with E-state index in [0.29, 0.717) is 28.3 Å². The van der Waals surface area contributed by atoms with E-state index in [-0.39, 0.29) is 18.0 Å². The Balaban J connectivity index is 1.50. The summed E-state index contributed by atoms with van der Waals surface area (Å²) in [6.45, 7) is 0.209. The fraction of sp³-hybridized carbons (Fsp3) is 0.143. The van der Waals surface area contributed by atoms with Crippen molar-refractivity contribution in [2.24, 2.45) is 0 Å². The number of nitrogens with one attached hydrogen (secondary N) is 1. The number of carbonyl (C=O) groups is 1. The summed E-state index contributed by atoms with van der Waals surface area (Å²) < 4.78 is 7.91. The molecule has 152 valence electrons. The number of amides is 1. The van der Waals surface area contributed by atoms with Crippen LogP contribution < -0.4 is 15.6 Å². The number of benzene rings is 2. The van der Waals surface area contributed by atoms with Crippen LogP contribution in [-0.2, 0) is 17.9 Å². The van der Waals surface area contributed by atoms with E-state index in [4.69, 9.17) is 16.3 Å². The van der Waals surface area contributed by atoms with E-state index in [1.165, 1.54) is 21.8 Å². The Morgan fingerprint density at radius 1 is 1.20 bits per heavy atom. The first kappa shape index (κ1) is 19.7. The molecule has 0 aliphatic carbocycles. The van der Waals surface area contributed by atoms with Gasteiger partial charge in [0, 0.05) is 11.6 Å². The average Bonchev–Trinajstić information content (AvgIpc) is 3.19. The lowest BCUT2D eigenvalue weighted by molar-refractivity contribution is -0.121. The van der Waals surface area contributed by atoms with E-state index in [9.17, 15) is 9.59 Å². The molecule has 0 saturated carbocycles. The first-order valence-corrected chi connectivity index (χ1v) is 9.51. The normalized spacial score (nSPS) is 10.9. The van der Waals surface area contributed by atoms with Gasteiger partial charge in [0.25, 0.3) is 5.56 Å². The molecule has 0 fully saturated rings. The molecule has 4 rings (SSSR count). The zero-order chi connectivity index (χ0) is 21.1. The second-order valence-electron chi connectivity index (χ2n) is 6.58. The minimum absolute atomic E-state index is 0.139. The Labute approximate surface area is 176 Å². The Morgan fingerprint density at radius 2 is 2.00 bits per heavy atom. The van der Waals surface area contributed by atoms with Gasteiger partial charge in [-0.1, -0.05) is 29.8 Å². The van der Waals surface area contributed by atoms with Crippen LogP contribution in [-0.4, -0.2) is 32.3 Å². The predicted molar refractivity (Wildman–Crippen MR) is 113 cm³/mol. The Morgan fingerprint density at radius 3 is 2.73 bits per heavy atom. The Bertz CT molecular complexity index is 1260. The van der Waals surface area contributed by atoms with Crippen LogP contribution in [0.1, 0.15) is 5.56 Å². The van der Waals surface area contributed by atoms with Crippen LogP contribution in [0.4, 0.5) is 0 Å². The highest BCUT2D eigenvalue weighted by Gasteiger charge is 2.13. The number of hydrogen-bond acceptors (Lipinski definition) is 5. The van der Waals surface area contributed by atoms with Crippen LogP contribution in [0, 0.1) is 0 Å². The molecule has 0 atom stereocenters. The molecule has 4 aromatic rings. The standard InChI is InChI=1S/C21H18ClN5O3/c1-30-17-7-5-14(6-8-17)10-23-19(28)12-26-13-24-20-18(21(26)29)11-25-27(20)16-4-2-3-15(22)9-16/h2-9,11,13H,10,12H2,1H3,(H,23,28). The van der Waals surface area contributed by atoms with Crippen molar-refractivity contribution >= 4 is 28.5 Å². The maximum absolute atomic E-state index is 12.8. The highest BCUT2D eigenvalue weighted by molar-refractivity contribution is 6.30. The molecular formula is C21H18ClN5O3. The summed E-state index contributed by atoms with van der Waals surface area (Å²) in [6.07, 6.45) is 2.79. The molecule has 30 heavy (non-hydrogen) atoms. The molecule has 2 heterocycles. The van der Waals surface area contributed by atoms with Crippen molar-refractivity contribution in [3.63, 3.8) is 0 Å². The lowest BCUT2D eigenvalue weighted by Crippen LogP contribution is -2.32. The second-order valence-corrected chi connectivity index (χ2v) is 7.01. The van der Waals surface area contributed by atoms with E-state index in [1.807, 2.05) is 30.3 Å². The fourth-order valence-corrected chi connectivity index (χ4v) is 3.20. The summed E-state index contributed by atoms with van der Waals surface area (Å²) in [5.74, 6) is 0.450. The number of ether oxygens (including phenoxy) is 1. The summed E-state index contributed by atoms with van der Waals surface area (Å²) in [5.41, 5.74) is 1.68. The van der Waals surface area contributed by atoms with Gasteiger partial charge in [0.2, 0.25) is 5.91 Å². The van der Waals surface area contributed by atoms with E-state index < -0.39 is 0 Å². The number of halogens is 1. The van der Waals surface area contributed by atoms with Crippen molar-refractivity contribution < 1.29 is 9.53 Å². The molecule has 0 unspecified atom stereocenters. The molecule has 0 bridgehead atoms. The van der Waals surface area contributed by atoms with Crippen molar-refractivity contribution in [3.8, 4) is 11.4 Å². The van der Waals surface area contributed by atoms with E-state index in [0.717, 1.165) is 11.3 Å². The lowest BCUT2D eigenvalue weighted by Gasteiger charge is -2.08. The van der Waals surface area contributed by atoms with Crippen molar-refractivity contribution in [1.29, 1.82) is 0 Å². The van der Waals surface area contributed by atoms with Crippen molar-refractivity contribution in [3.05, 3.63) is 82.0 Å². The molecule has 9 heteroatoms. The fourth-order valence-electron chi connectivity index (χ4n) is 3.01. The zero-order valence-electron chi connectivity index (χ0n) is 16.1. The number of carbonyl (C=O) groups excluding carboxylic acids is 1. The average molecular weight is 424 g/mol. The van der Waals surface area contributed by atoms with Crippen LogP contribution in [0.3, 0.4) is 0 Å². The number of aromatic nitrogens is 4. The van der Waals surface area contributed by atoms with Gasteiger partial charge in [-0.25, -0.2) is 9.67 Å². The third kappa shape index (κ3) is 4.04. The summed E-state index contributed by atoms with van der Waals surface area (Å²) in [7, 11) is 1.60. The maximum Gasteiger partial charge on any atom is 0.264 e. The minimum Gasteiger partial charge on any atom is -0.497 e. The molecule has 0 aliphatic rings. The summed E-state index contributed by atoms with van der Waals surface area (Å²) >= 11 is 6.04. The smallest absolute Gasteiger partial charge is 0.264 e. The highest BCUT2D eigenvalue weighted by atomic mass is 35.5. The van der Waals surface area contributed by atoms with E-state index >= 15 is 0 Å². The molecule has 0 radical (unpaired) electrons. The minimum atomic E-state index is -0.340. The van der Waals surface area contributed by atoms with Gasteiger partial charge >= 0.3 is 0 Å². The maximum atomic E-state index is 12.8. The Kier molecular flexibility index (Phi) is 5.49. The predicted octanol–water partition coefficient (Wildman–Crippen LogP) is 2.56. The van der Waals surface area contributed by atoms with Gasteiger partial charge in [-0.2, -0.15) is 5.10 Å². The largest absolute Gasteiger partial charge is 0.497 e. The first-order valence-electron chi connectivity index (χ1n) is 9.14. The molecule has 8 nitrogen and oxygen atoms in total. The second kappa shape index (κ2) is 8.38. The van der Waals surface area contributed by atoms with Crippen molar-refractivity contribution in [2.75, 3.05) is 7.11 Å². The molecule has 1 amide bonds. The van der Waals surface area contributed by atoms with E-state index in [1.54, 1.807) is 25.3 Å². The first-order chi connectivity index (χ1) is 14.5. The van der Waals surface area contributed by atoms with Crippen LogP contribution in [0.25, 0.3) is 16.7 Å². The number of nitrogens with zero attached hydrogens (tertiary/aromatic N) is 4. The number of rotatable bonds is 6. The van der Waals surface area contributed by atoms with Gasteiger partial charge in [0.1, 0.15) is 24.0 Å². The van der Waals surface area contributed by atoms with Gasteiger partial charge in [-0.05, 0) is 35.9 Å². The number of methoxy groups -OCH3 is 1. The number of fused-ring (bicyclic) bond motifs is 1. The zero-order valence-corrected chi connectivity index (χ0v) is 16.8. The monoisotopic (exact) mass is 423 g/mol. The summed E-state index contributed by atoms with van der Waals surface area (Å²) in [5, 5.41) is 7.92. The molecule has 1 N–H and O–H groups in total. The SMILES string of the molecule is COc1ccc(CNC(=O)Cn2cnc3c(cnn3-c3cccc(Cl)c3)c2=O)cc1. The summed E-state index contributed by atoms with van der Waals surface area (Å²) in [6, 6.07) is 14.5. The van der Waals surface area contributed by atoms with Crippen LogP contribution in [0.2, 0.25) is 5.02 Å². The lowest BCUT2D eigenvalue weighted by atomic mass is 10.2. The van der Waals surface area contributed by atoms with E-state index in [2.05, 4.69) is 15.4 Å². The van der Waals surface area contributed by atoms with Gasteiger partial charge in [-0.15, -0.1) is 0 Å². The molecule has 2 aromatic carbocycles. The van der Waals surface area contributed by atoms with Crippen LogP contribution in [0.15, 0.2) is 65.8 Å². The third-order valence-electron chi connectivity index (χ3n) is 4.57. The molecule has 0 saturated heterocycles. The van der Waals surface area contributed by atoms with Crippen molar-refractivity contribution in [1.82, 2.24) is 24.6 Å². The quantitative estimate of drug-likeness (QED) is 0.514. The summed E-state index contributed by atoms with van der Waals surface area (Å²) in [4.78, 5) is 29.4. The molecule has 2 aromatic heterocycles. The van der Waals surface area contributed by atoms with Crippen LogP contribution >= 0.6 is 11.6 Å². The van der Waals surface area contributed by atoms with Gasteiger partial charge in [0.05, 0.1) is 19.0 Å². The van der Waals surface area contributed by atoms with Gasteiger partial charge in [0.15, 0.2) is 5.65 Å². The highest BCUT2D eigenvalue weighted by Crippen LogP contribution is 2.17. The molecule has 0 aliphatic heterocycles. The van der Waals surface area contributed by atoms with Gasteiger partial charge < -0.3 is 10.1 Å². The topological polar surface area (TPSA) is 91.0 Å². The number of hydrogen-bond donors (Lipinski definition) is 1. The van der Waals surface area contributed by atoms with Crippen molar-refractivity contribution in [2.45, 2.75) is 13.1 Å². The molecule has 0 spiro atoms. The Hall–Kier alpha value is -3.65.